The summed E-state index contributed by atoms with van der Waals surface area (Å²) in [6, 6.07) is 5.20. The lowest BCUT2D eigenvalue weighted by Gasteiger charge is -2.20. The first-order valence-corrected chi connectivity index (χ1v) is 11.0. The molecule has 3 aliphatic heterocycles. The normalized spacial score (nSPS) is 19.1. The number of amides is 2. The van der Waals surface area contributed by atoms with Crippen molar-refractivity contribution in [3.8, 4) is 11.5 Å². The summed E-state index contributed by atoms with van der Waals surface area (Å²) in [5.41, 5.74) is 0.756. The number of amidine groups is 2. The van der Waals surface area contributed by atoms with E-state index in [0.29, 0.717) is 33.9 Å². The van der Waals surface area contributed by atoms with Crippen LogP contribution in [0.2, 0.25) is 0 Å². The van der Waals surface area contributed by atoms with Gasteiger partial charge in [0, 0.05) is 13.1 Å². The molecular weight excluding hydrogens is 430 g/mol. The van der Waals surface area contributed by atoms with Crippen molar-refractivity contribution in [2.75, 3.05) is 26.8 Å². The third-order valence-electron chi connectivity index (χ3n) is 5.11. The van der Waals surface area contributed by atoms with E-state index in [9.17, 15) is 9.59 Å². The molecule has 10 heteroatoms. The standard InChI is InChI=1S/C22H23N5O4S/c1-3-10-31-16-7-6-14(12-17(16)30-2)11-15-20(23)27-22(24-21(15)29)32-18(25-27)13-19(28)26-8-4-5-9-26/h3,6-7,11-12,23H,1,4-5,8-10,13H2,2H3. The number of nitrogens with one attached hydrogen (secondary N) is 1. The first kappa shape index (κ1) is 21.8. The Kier molecular flexibility index (Phi) is 6.40. The number of thioether (sulfide) groups is 1. The van der Waals surface area contributed by atoms with Crippen LogP contribution >= 0.6 is 11.8 Å². The summed E-state index contributed by atoms with van der Waals surface area (Å²) in [5.74, 6) is 0.447. The Morgan fingerprint density at radius 2 is 2.09 bits per heavy atom. The van der Waals surface area contributed by atoms with Crippen molar-refractivity contribution in [2.24, 2.45) is 10.1 Å². The number of nitrogens with zero attached hydrogens (tertiary/aromatic N) is 4. The third kappa shape index (κ3) is 4.45. The monoisotopic (exact) mass is 453 g/mol. The van der Waals surface area contributed by atoms with Crippen LogP contribution in [0, 0.1) is 5.41 Å². The van der Waals surface area contributed by atoms with Gasteiger partial charge < -0.3 is 14.4 Å². The SMILES string of the molecule is C=CCOc1ccc(C=C2C(=N)N3N=C(CC(=O)N4CCCC4)SC3=NC2=O)cc1OC. The molecule has 9 nitrogen and oxygen atoms in total. The number of hydrogen-bond acceptors (Lipinski definition) is 7. The summed E-state index contributed by atoms with van der Waals surface area (Å²) in [5, 5.41) is 15.0. The minimum Gasteiger partial charge on any atom is -0.493 e. The number of carbonyl (C=O) groups is 2. The van der Waals surface area contributed by atoms with Crippen LogP contribution in [-0.2, 0) is 9.59 Å². The fourth-order valence-corrected chi connectivity index (χ4v) is 4.40. The number of rotatable bonds is 7. The van der Waals surface area contributed by atoms with Crippen molar-refractivity contribution in [3.05, 3.63) is 42.0 Å². The number of aliphatic imine (C=N–C) groups is 1. The average Bonchev–Trinajstić information content (AvgIpc) is 3.46. The highest BCUT2D eigenvalue weighted by molar-refractivity contribution is 8.27. The highest BCUT2D eigenvalue weighted by Gasteiger charge is 2.36. The van der Waals surface area contributed by atoms with Gasteiger partial charge in [-0.25, -0.2) is 0 Å². The maximum Gasteiger partial charge on any atom is 0.283 e. The smallest absolute Gasteiger partial charge is 0.283 e. The van der Waals surface area contributed by atoms with E-state index in [4.69, 9.17) is 14.9 Å². The zero-order chi connectivity index (χ0) is 22.7. The number of fused-ring (bicyclic) bond motifs is 1. The Labute approximate surface area is 190 Å². The van der Waals surface area contributed by atoms with Crippen LogP contribution in [0.3, 0.4) is 0 Å². The molecule has 1 fully saturated rings. The van der Waals surface area contributed by atoms with E-state index in [0.717, 1.165) is 37.7 Å². The Morgan fingerprint density at radius 3 is 2.81 bits per heavy atom. The molecule has 3 heterocycles. The van der Waals surface area contributed by atoms with E-state index in [1.807, 2.05) is 4.90 Å². The summed E-state index contributed by atoms with van der Waals surface area (Å²) in [6.45, 7) is 5.50. The topological polar surface area (TPSA) is 108 Å². The summed E-state index contributed by atoms with van der Waals surface area (Å²) in [7, 11) is 1.53. The van der Waals surface area contributed by atoms with Gasteiger partial charge in [0.15, 0.2) is 17.3 Å². The van der Waals surface area contributed by atoms with Crippen LogP contribution in [0.4, 0.5) is 0 Å². The van der Waals surface area contributed by atoms with Gasteiger partial charge in [-0.3, -0.25) is 15.0 Å². The molecule has 4 rings (SSSR count). The minimum atomic E-state index is -0.526. The number of hydrogen-bond donors (Lipinski definition) is 1. The van der Waals surface area contributed by atoms with Gasteiger partial charge in [-0.15, -0.1) is 0 Å². The van der Waals surface area contributed by atoms with Crippen LogP contribution < -0.4 is 9.47 Å². The van der Waals surface area contributed by atoms with Crippen molar-refractivity contribution in [1.82, 2.24) is 9.91 Å². The Bertz CT molecular complexity index is 1070. The molecule has 0 saturated carbocycles. The molecular formula is C22H23N5O4S. The lowest BCUT2D eigenvalue weighted by Crippen LogP contribution is -2.35. The van der Waals surface area contributed by atoms with Crippen LogP contribution in [0.15, 0.2) is 46.5 Å². The number of likely N-dealkylation sites (tertiary alicyclic amines) is 1. The maximum absolute atomic E-state index is 12.6. The molecule has 3 aliphatic rings. The molecule has 2 amide bonds. The molecule has 32 heavy (non-hydrogen) atoms. The van der Waals surface area contributed by atoms with Crippen molar-refractivity contribution in [2.45, 2.75) is 19.3 Å². The Balaban J connectivity index is 1.53. The quantitative estimate of drug-likeness (QED) is 0.502. The molecule has 1 saturated heterocycles. The van der Waals surface area contributed by atoms with Crippen molar-refractivity contribution in [1.29, 1.82) is 5.41 Å². The van der Waals surface area contributed by atoms with Gasteiger partial charge >= 0.3 is 0 Å². The molecule has 0 unspecified atom stereocenters. The third-order valence-corrected chi connectivity index (χ3v) is 6.02. The van der Waals surface area contributed by atoms with E-state index in [1.54, 1.807) is 30.4 Å². The van der Waals surface area contributed by atoms with Crippen molar-refractivity contribution < 1.29 is 19.1 Å². The lowest BCUT2D eigenvalue weighted by molar-refractivity contribution is -0.128. The van der Waals surface area contributed by atoms with E-state index < -0.39 is 5.91 Å². The lowest BCUT2D eigenvalue weighted by atomic mass is 10.1. The zero-order valence-electron chi connectivity index (χ0n) is 17.7. The van der Waals surface area contributed by atoms with Crippen LogP contribution in [0.1, 0.15) is 24.8 Å². The summed E-state index contributed by atoms with van der Waals surface area (Å²) >= 11 is 1.16. The van der Waals surface area contributed by atoms with E-state index in [-0.39, 0.29) is 23.7 Å². The summed E-state index contributed by atoms with van der Waals surface area (Å²) < 4.78 is 10.9. The first-order valence-electron chi connectivity index (χ1n) is 10.2. The number of hydrazone groups is 1. The number of benzene rings is 1. The second kappa shape index (κ2) is 9.39. The predicted octanol–water partition coefficient (Wildman–Crippen LogP) is 2.89. The number of methoxy groups -OCH3 is 1. The molecule has 166 valence electrons. The molecule has 0 radical (unpaired) electrons. The number of carbonyl (C=O) groups excluding carboxylic acids is 2. The second-order valence-corrected chi connectivity index (χ2v) is 8.33. The number of ether oxygens (including phenoxy) is 2. The largest absolute Gasteiger partial charge is 0.493 e. The highest BCUT2D eigenvalue weighted by atomic mass is 32.2. The van der Waals surface area contributed by atoms with Gasteiger partial charge in [-0.1, -0.05) is 18.7 Å². The van der Waals surface area contributed by atoms with Gasteiger partial charge in [-0.05, 0) is 48.4 Å². The van der Waals surface area contributed by atoms with Gasteiger partial charge in [0.2, 0.25) is 11.1 Å². The molecule has 0 atom stereocenters. The van der Waals surface area contributed by atoms with Gasteiger partial charge in [0.1, 0.15) is 11.7 Å². The van der Waals surface area contributed by atoms with Crippen LogP contribution in [0.25, 0.3) is 6.08 Å². The van der Waals surface area contributed by atoms with Gasteiger partial charge in [0.05, 0.1) is 19.1 Å². The van der Waals surface area contributed by atoms with Crippen molar-refractivity contribution >= 4 is 45.7 Å². The van der Waals surface area contributed by atoms with Crippen molar-refractivity contribution in [3.63, 3.8) is 0 Å². The molecule has 0 spiro atoms. The molecule has 0 aliphatic carbocycles. The predicted molar refractivity (Wildman–Crippen MR) is 124 cm³/mol. The molecule has 0 bridgehead atoms. The Morgan fingerprint density at radius 1 is 1.31 bits per heavy atom. The first-order chi connectivity index (χ1) is 15.5. The minimum absolute atomic E-state index is 0.00803. The molecule has 1 aromatic rings. The van der Waals surface area contributed by atoms with Crippen LogP contribution in [0.5, 0.6) is 11.5 Å². The summed E-state index contributed by atoms with van der Waals surface area (Å²) in [6.07, 6.45) is 5.38. The van der Waals surface area contributed by atoms with Gasteiger partial charge in [-0.2, -0.15) is 15.1 Å². The zero-order valence-corrected chi connectivity index (χ0v) is 18.5. The average molecular weight is 454 g/mol. The fourth-order valence-electron chi connectivity index (χ4n) is 3.52. The molecule has 0 aromatic heterocycles. The molecule has 1 aromatic carbocycles. The van der Waals surface area contributed by atoms with E-state index in [2.05, 4.69) is 16.7 Å². The van der Waals surface area contributed by atoms with Crippen LogP contribution in [-0.4, -0.2) is 64.6 Å². The van der Waals surface area contributed by atoms with E-state index in [1.165, 1.54) is 12.1 Å². The van der Waals surface area contributed by atoms with E-state index >= 15 is 0 Å². The Hall–Kier alpha value is -3.40. The second-order valence-electron chi connectivity index (χ2n) is 7.29. The van der Waals surface area contributed by atoms with Gasteiger partial charge in [0.25, 0.3) is 5.91 Å². The fraction of sp³-hybridized carbons (Fsp3) is 0.318. The maximum atomic E-state index is 12.6. The summed E-state index contributed by atoms with van der Waals surface area (Å²) in [4.78, 5) is 30.9. The molecule has 1 N–H and O–H groups in total. The highest BCUT2D eigenvalue weighted by Crippen LogP contribution is 2.32.